The van der Waals surface area contributed by atoms with E-state index in [1.165, 1.54) is 7.11 Å². The summed E-state index contributed by atoms with van der Waals surface area (Å²) in [6.07, 6.45) is 0.160. The number of fused-ring (bicyclic) bond motifs is 2. The van der Waals surface area contributed by atoms with Crippen LogP contribution in [0, 0.1) is 17.8 Å². The molecule has 1 aromatic rings. The number of likely N-dealkylation sites (tertiary alicyclic amines) is 1. The number of carbonyl (C=O) groups excluding carboxylic acids is 2. The van der Waals surface area contributed by atoms with Crippen molar-refractivity contribution in [2.24, 2.45) is 17.8 Å². The Balaban J connectivity index is 1.57. The largest absolute Gasteiger partial charge is 0.469 e. The molecular formula is C18H24N2O4. The van der Waals surface area contributed by atoms with Gasteiger partial charge in [-0.25, -0.2) is 4.79 Å². The standard InChI is InChI=1S/C18H24N2O4/c1-23-17(21)7-16-14-8-19-9-15(16)11-20(10-14)18(22)24-12-13-5-3-2-4-6-13/h2-6,14-16,19H,7-12H2,1H3. The summed E-state index contributed by atoms with van der Waals surface area (Å²) in [6, 6.07) is 9.67. The van der Waals surface area contributed by atoms with E-state index in [1.54, 1.807) is 4.90 Å². The summed E-state index contributed by atoms with van der Waals surface area (Å²) < 4.78 is 10.3. The molecule has 1 amide bonds. The van der Waals surface area contributed by atoms with Gasteiger partial charge in [0.1, 0.15) is 6.61 Å². The molecule has 0 radical (unpaired) electrons. The summed E-state index contributed by atoms with van der Waals surface area (Å²) in [6.45, 7) is 3.17. The van der Waals surface area contributed by atoms with Crippen molar-refractivity contribution in [3.8, 4) is 0 Å². The van der Waals surface area contributed by atoms with E-state index in [4.69, 9.17) is 9.47 Å². The molecule has 0 spiro atoms. The van der Waals surface area contributed by atoms with Gasteiger partial charge in [-0.3, -0.25) is 4.79 Å². The van der Waals surface area contributed by atoms with E-state index in [9.17, 15) is 9.59 Å². The zero-order valence-electron chi connectivity index (χ0n) is 13.9. The van der Waals surface area contributed by atoms with Crippen LogP contribution in [0.4, 0.5) is 4.79 Å². The van der Waals surface area contributed by atoms with E-state index >= 15 is 0 Å². The van der Waals surface area contributed by atoms with Gasteiger partial charge in [0.25, 0.3) is 0 Å². The van der Waals surface area contributed by atoms with Gasteiger partial charge in [-0.1, -0.05) is 30.3 Å². The Bertz CT molecular complexity index is 564. The number of hydrogen-bond donors (Lipinski definition) is 1. The number of rotatable bonds is 4. The van der Waals surface area contributed by atoms with Crippen LogP contribution in [0.25, 0.3) is 0 Å². The molecule has 2 aliphatic heterocycles. The summed E-state index contributed by atoms with van der Waals surface area (Å²) in [5.74, 6) is 0.635. The first-order valence-electron chi connectivity index (χ1n) is 8.40. The van der Waals surface area contributed by atoms with E-state index < -0.39 is 0 Å². The van der Waals surface area contributed by atoms with Crippen molar-refractivity contribution in [2.45, 2.75) is 13.0 Å². The van der Waals surface area contributed by atoms with Gasteiger partial charge in [0, 0.05) is 19.5 Å². The molecule has 0 saturated carbocycles. The lowest BCUT2D eigenvalue weighted by molar-refractivity contribution is -0.143. The van der Waals surface area contributed by atoms with Crippen LogP contribution in [-0.2, 0) is 20.9 Å². The first-order valence-corrected chi connectivity index (χ1v) is 8.40. The monoisotopic (exact) mass is 332 g/mol. The SMILES string of the molecule is COC(=O)CC1C2CNCC1CN(C(=O)OCc1ccccc1)C2. The highest BCUT2D eigenvalue weighted by molar-refractivity contribution is 5.70. The highest BCUT2D eigenvalue weighted by Crippen LogP contribution is 2.34. The van der Waals surface area contributed by atoms with E-state index in [2.05, 4.69) is 5.32 Å². The fourth-order valence-corrected chi connectivity index (χ4v) is 3.75. The number of piperidine rings is 2. The summed E-state index contributed by atoms with van der Waals surface area (Å²) in [4.78, 5) is 25.8. The second kappa shape index (κ2) is 7.66. The summed E-state index contributed by atoms with van der Waals surface area (Å²) in [5, 5.41) is 3.39. The molecule has 130 valence electrons. The smallest absolute Gasteiger partial charge is 0.410 e. The van der Waals surface area contributed by atoms with E-state index in [0.717, 1.165) is 18.7 Å². The summed E-state index contributed by atoms with van der Waals surface area (Å²) >= 11 is 0. The molecule has 3 rings (SSSR count). The van der Waals surface area contributed by atoms with Gasteiger partial charge in [0.05, 0.1) is 7.11 Å². The molecule has 2 saturated heterocycles. The minimum Gasteiger partial charge on any atom is -0.469 e. The van der Waals surface area contributed by atoms with E-state index in [0.29, 0.717) is 19.5 Å². The molecule has 2 heterocycles. The van der Waals surface area contributed by atoms with Crippen LogP contribution >= 0.6 is 0 Å². The summed E-state index contributed by atoms with van der Waals surface area (Å²) in [5.41, 5.74) is 0.980. The van der Waals surface area contributed by atoms with Crippen LogP contribution in [0.1, 0.15) is 12.0 Å². The molecule has 2 fully saturated rings. The third kappa shape index (κ3) is 3.87. The minimum absolute atomic E-state index is 0.169. The average molecular weight is 332 g/mol. The molecule has 6 heteroatoms. The van der Waals surface area contributed by atoms with Crippen LogP contribution in [0.3, 0.4) is 0 Å². The molecule has 2 unspecified atom stereocenters. The zero-order valence-corrected chi connectivity index (χ0v) is 13.9. The van der Waals surface area contributed by atoms with Gasteiger partial charge in [0.15, 0.2) is 0 Å². The first kappa shape index (κ1) is 16.8. The molecule has 2 atom stereocenters. The average Bonchev–Trinajstić information content (AvgIpc) is 2.60. The predicted octanol–water partition coefficient (Wildman–Crippen LogP) is 1.65. The maximum absolute atomic E-state index is 12.4. The molecule has 1 N–H and O–H groups in total. The number of benzene rings is 1. The zero-order chi connectivity index (χ0) is 16.9. The quantitative estimate of drug-likeness (QED) is 0.849. The molecule has 0 aromatic heterocycles. The topological polar surface area (TPSA) is 67.9 Å². The fraction of sp³-hybridized carbons (Fsp3) is 0.556. The molecule has 2 aliphatic rings. The molecule has 0 aliphatic carbocycles. The number of nitrogens with zero attached hydrogens (tertiary/aromatic N) is 1. The number of hydrogen-bond acceptors (Lipinski definition) is 5. The van der Waals surface area contributed by atoms with Crippen LogP contribution in [0.5, 0.6) is 0 Å². The fourth-order valence-electron chi connectivity index (χ4n) is 3.75. The Morgan fingerprint density at radius 1 is 1.17 bits per heavy atom. The van der Waals surface area contributed by atoms with Crippen molar-refractivity contribution >= 4 is 12.1 Å². The van der Waals surface area contributed by atoms with E-state index in [-0.39, 0.29) is 36.4 Å². The number of ether oxygens (including phenoxy) is 2. The first-order chi connectivity index (χ1) is 11.7. The van der Waals surface area contributed by atoms with Gasteiger partial charge >= 0.3 is 12.1 Å². The Morgan fingerprint density at radius 3 is 2.46 bits per heavy atom. The van der Waals surface area contributed by atoms with Gasteiger partial charge in [-0.05, 0) is 36.4 Å². The van der Waals surface area contributed by atoms with Crippen molar-refractivity contribution in [1.29, 1.82) is 0 Å². The number of methoxy groups -OCH3 is 1. The second-order valence-corrected chi connectivity index (χ2v) is 6.57. The second-order valence-electron chi connectivity index (χ2n) is 6.57. The molecular weight excluding hydrogens is 308 g/mol. The minimum atomic E-state index is -0.271. The molecule has 24 heavy (non-hydrogen) atoms. The number of carbonyl (C=O) groups is 2. The van der Waals surface area contributed by atoms with Crippen LogP contribution in [0.2, 0.25) is 0 Å². The van der Waals surface area contributed by atoms with Crippen LogP contribution in [-0.4, -0.2) is 50.3 Å². The maximum Gasteiger partial charge on any atom is 0.410 e. The van der Waals surface area contributed by atoms with Crippen molar-refractivity contribution in [1.82, 2.24) is 10.2 Å². The predicted molar refractivity (Wildman–Crippen MR) is 88.2 cm³/mol. The van der Waals surface area contributed by atoms with Crippen molar-refractivity contribution in [2.75, 3.05) is 33.3 Å². The van der Waals surface area contributed by atoms with Gasteiger partial charge < -0.3 is 19.7 Å². The normalized spacial score (nSPS) is 25.9. The van der Waals surface area contributed by atoms with E-state index in [1.807, 2.05) is 30.3 Å². The van der Waals surface area contributed by atoms with Gasteiger partial charge in [-0.15, -0.1) is 0 Å². The Hall–Kier alpha value is -2.08. The number of esters is 1. The number of nitrogens with one attached hydrogen (secondary N) is 1. The third-order valence-electron chi connectivity index (χ3n) is 5.03. The Morgan fingerprint density at radius 2 is 1.83 bits per heavy atom. The maximum atomic E-state index is 12.4. The summed E-state index contributed by atoms with van der Waals surface area (Å²) in [7, 11) is 1.42. The lowest BCUT2D eigenvalue weighted by Gasteiger charge is -2.46. The van der Waals surface area contributed by atoms with Crippen molar-refractivity contribution < 1.29 is 19.1 Å². The highest BCUT2D eigenvalue weighted by atomic mass is 16.6. The highest BCUT2D eigenvalue weighted by Gasteiger charge is 2.42. The van der Waals surface area contributed by atoms with Crippen LogP contribution in [0.15, 0.2) is 30.3 Å². The Kier molecular flexibility index (Phi) is 5.35. The molecule has 1 aromatic carbocycles. The lowest BCUT2D eigenvalue weighted by atomic mass is 9.73. The van der Waals surface area contributed by atoms with Gasteiger partial charge in [-0.2, -0.15) is 0 Å². The molecule has 2 bridgehead atoms. The van der Waals surface area contributed by atoms with Crippen LogP contribution < -0.4 is 5.32 Å². The molecule has 6 nitrogen and oxygen atoms in total. The van der Waals surface area contributed by atoms with Crippen molar-refractivity contribution in [3.63, 3.8) is 0 Å². The Labute approximate surface area is 142 Å². The van der Waals surface area contributed by atoms with Gasteiger partial charge in [0.2, 0.25) is 0 Å². The van der Waals surface area contributed by atoms with Crippen molar-refractivity contribution in [3.05, 3.63) is 35.9 Å². The third-order valence-corrected chi connectivity index (χ3v) is 5.03. The number of amides is 1. The lowest BCUT2D eigenvalue weighted by Crippen LogP contribution is -2.58.